The Balaban J connectivity index is 1.47. The number of nitrogens with zero attached hydrogens (tertiary/aromatic N) is 4. The van der Waals surface area contributed by atoms with Gasteiger partial charge in [-0.2, -0.15) is 4.98 Å². The lowest BCUT2D eigenvalue weighted by Gasteiger charge is -2.36. The number of hydrogen-bond donors (Lipinski definition) is 3. The molecule has 2 aliphatic rings. The van der Waals surface area contributed by atoms with Gasteiger partial charge in [0.15, 0.2) is 11.5 Å². The van der Waals surface area contributed by atoms with Crippen LogP contribution in [0.1, 0.15) is 30.0 Å². The molecule has 2 aromatic carbocycles. The zero-order valence-electron chi connectivity index (χ0n) is 17.2. The van der Waals surface area contributed by atoms with Gasteiger partial charge in [0.2, 0.25) is 11.1 Å². The number of benzene rings is 2. The lowest BCUT2D eigenvalue weighted by Crippen LogP contribution is -2.38. The Morgan fingerprint density at radius 2 is 1.97 bits per heavy atom. The minimum atomic E-state index is -0.520. The van der Waals surface area contributed by atoms with Crippen molar-refractivity contribution in [1.82, 2.24) is 14.8 Å². The Hall–Kier alpha value is -3.86. The zero-order chi connectivity index (χ0) is 23.1. The molecule has 0 unspecified atom stereocenters. The van der Waals surface area contributed by atoms with Crippen molar-refractivity contribution in [2.45, 2.75) is 29.8 Å². The van der Waals surface area contributed by atoms with Gasteiger partial charge in [0.05, 0.1) is 16.9 Å². The highest BCUT2D eigenvalue weighted by molar-refractivity contribution is 7.98. The van der Waals surface area contributed by atoms with E-state index in [1.807, 2.05) is 6.08 Å². The van der Waals surface area contributed by atoms with Gasteiger partial charge in [-0.1, -0.05) is 36.0 Å². The molecule has 11 heteroatoms. The number of anilines is 1. The second-order valence-corrected chi connectivity index (χ2v) is 8.78. The summed E-state index contributed by atoms with van der Waals surface area (Å²) in [5.74, 6) is 0.0574. The van der Waals surface area contributed by atoms with Gasteiger partial charge < -0.3 is 15.5 Å². The highest BCUT2D eigenvalue weighted by Gasteiger charge is 2.41. The van der Waals surface area contributed by atoms with Crippen LogP contribution >= 0.6 is 11.8 Å². The minimum absolute atomic E-state index is 0.0315. The number of ketones is 1. The third kappa shape index (κ3) is 3.91. The van der Waals surface area contributed by atoms with E-state index < -0.39 is 16.9 Å². The predicted octanol–water partition coefficient (Wildman–Crippen LogP) is 3.77. The molecule has 3 aromatic rings. The van der Waals surface area contributed by atoms with Crippen molar-refractivity contribution in [3.05, 3.63) is 75.5 Å². The summed E-state index contributed by atoms with van der Waals surface area (Å²) >= 11 is 1.37. The van der Waals surface area contributed by atoms with Crippen molar-refractivity contribution < 1.29 is 19.9 Å². The molecule has 5 rings (SSSR count). The maximum Gasteiger partial charge on any atom is 0.269 e. The summed E-state index contributed by atoms with van der Waals surface area (Å²) < 4.78 is 1.65. The van der Waals surface area contributed by atoms with Crippen molar-refractivity contribution >= 4 is 29.2 Å². The Labute approximate surface area is 192 Å². The predicted molar refractivity (Wildman–Crippen MR) is 120 cm³/mol. The van der Waals surface area contributed by atoms with Crippen LogP contribution in [0.25, 0.3) is 0 Å². The van der Waals surface area contributed by atoms with Crippen LogP contribution < -0.4 is 5.32 Å². The van der Waals surface area contributed by atoms with Crippen molar-refractivity contribution in [3.63, 3.8) is 0 Å². The number of carbonyl (C=O) groups excluding carboxylic acids is 1. The maximum atomic E-state index is 12.9. The first kappa shape index (κ1) is 21.0. The summed E-state index contributed by atoms with van der Waals surface area (Å²) in [7, 11) is 0. The van der Waals surface area contributed by atoms with Gasteiger partial charge in [-0.3, -0.25) is 14.9 Å². The van der Waals surface area contributed by atoms with Gasteiger partial charge in [-0.15, -0.1) is 5.10 Å². The summed E-state index contributed by atoms with van der Waals surface area (Å²) in [6, 6.07) is 10.3. The van der Waals surface area contributed by atoms with Crippen LogP contribution in [0.2, 0.25) is 0 Å². The molecule has 0 bridgehead atoms. The van der Waals surface area contributed by atoms with Crippen LogP contribution in [0.5, 0.6) is 11.5 Å². The van der Waals surface area contributed by atoms with Crippen molar-refractivity contribution in [1.29, 1.82) is 0 Å². The molecule has 0 fully saturated rings. The Bertz CT molecular complexity index is 1290. The molecule has 2 atom stereocenters. The topological polar surface area (TPSA) is 143 Å². The Kier molecular flexibility index (Phi) is 5.25. The number of nitro groups is 1. The van der Waals surface area contributed by atoms with Crippen LogP contribution in [0.3, 0.4) is 0 Å². The number of nitrogens with one attached hydrogen (secondary N) is 1. The molecule has 0 amide bonds. The van der Waals surface area contributed by atoms with Gasteiger partial charge in [0.25, 0.3) is 5.69 Å². The summed E-state index contributed by atoms with van der Waals surface area (Å²) in [6.45, 7) is 0. The lowest BCUT2D eigenvalue weighted by atomic mass is 9.81. The van der Waals surface area contributed by atoms with Gasteiger partial charge in [0, 0.05) is 30.0 Å². The fourth-order valence-corrected chi connectivity index (χ4v) is 4.92. The number of Topliss-reactive ketones (excluding diaryl/α,β-unsaturated/α-hetero) is 1. The molecule has 10 nitrogen and oxygen atoms in total. The molecule has 1 aromatic heterocycles. The molecule has 1 aliphatic carbocycles. The van der Waals surface area contributed by atoms with Crippen molar-refractivity contribution in [2.75, 3.05) is 5.32 Å². The van der Waals surface area contributed by atoms with Crippen LogP contribution in [-0.2, 0) is 10.5 Å². The van der Waals surface area contributed by atoms with Gasteiger partial charge in [-0.25, -0.2) is 4.68 Å². The largest absolute Gasteiger partial charge is 0.504 e. The van der Waals surface area contributed by atoms with Crippen LogP contribution in [-0.4, -0.2) is 35.7 Å². The third-order valence-corrected chi connectivity index (χ3v) is 6.65. The van der Waals surface area contributed by atoms with E-state index in [1.54, 1.807) is 22.9 Å². The number of nitro benzene ring substituents is 1. The number of allylic oxidation sites excluding steroid dienone is 2. The fraction of sp³-hybridized carbons (Fsp3) is 0.227. The van der Waals surface area contributed by atoms with Crippen molar-refractivity contribution in [3.8, 4) is 11.5 Å². The number of rotatable bonds is 5. The van der Waals surface area contributed by atoms with E-state index >= 15 is 0 Å². The average Bonchev–Trinajstić information content (AvgIpc) is 3.21. The van der Waals surface area contributed by atoms with Gasteiger partial charge in [0.1, 0.15) is 5.78 Å². The van der Waals surface area contributed by atoms with Crippen LogP contribution in [0.4, 0.5) is 11.6 Å². The molecule has 0 saturated carbocycles. The first-order valence-corrected chi connectivity index (χ1v) is 11.2. The lowest BCUT2D eigenvalue weighted by molar-refractivity contribution is -0.384. The molecule has 168 valence electrons. The van der Waals surface area contributed by atoms with Crippen LogP contribution in [0, 0.1) is 16.0 Å². The smallest absolute Gasteiger partial charge is 0.269 e. The van der Waals surface area contributed by atoms with Gasteiger partial charge in [-0.05, 0) is 29.7 Å². The molecule has 0 saturated heterocycles. The van der Waals surface area contributed by atoms with E-state index in [2.05, 4.69) is 15.4 Å². The molecule has 0 radical (unpaired) electrons. The number of phenols is 2. The first-order valence-electron chi connectivity index (χ1n) is 10.2. The summed E-state index contributed by atoms with van der Waals surface area (Å²) in [5, 5.41) is 38.9. The summed E-state index contributed by atoms with van der Waals surface area (Å²) in [6.07, 6.45) is 3.05. The molecule has 2 heterocycles. The maximum absolute atomic E-state index is 12.9. The number of hydrogen-bond acceptors (Lipinski definition) is 9. The molecular formula is C22H19N5O5S. The number of fused-ring (bicyclic) bond motifs is 2. The van der Waals surface area contributed by atoms with E-state index in [1.165, 1.54) is 36.0 Å². The van der Waals surface area contributed by atoms with E-state index in [9.17, 15) is 25.1 Å². The normalized spacial score (nSPS) is 19.3. The standard InChI is InChI=1S/C22H19N5O5S/c28-16-9-6-13(10-18(16)30)20-19-15(2-1-3-17(19)29)23-21-24-22(25-26(20)21)33-11-12-4-7-14(8-5-12)27(31)32/h2,4-10,19-20,28,30H,1,3,11H2,(H,23,24,25)/t19-,20-/m0/s1. The number of aromatic nitrogens is 3. The molecular weight excluding hydrogens is 446 g/mol. The molecule has 3 N–H and O–H groups in total. The average molecular weight is 465 g/mol. The first-order chi connectivity index (χ1) is 15.9. The molecule has 0 spiro atoms. The van der Waals surface area contributed by atoms with E-state index in [-0.39, 0.29) is 23.0 Å². The minimum Gasteiger partial charge on any atom is -0.504 e. The van der Waals surface area contributed by atoms with E-state index in [4.69, 9.17) is 0 Å². The third-order valence-electron chi connectivity index (χ3n) is 5.74. The zero-order valence-corrected chi connectivity index (χ0v) is 18.0. The second kappa shape index (κ2) is 8.24. The molecule has 1 aliphatic heterocycles. The number of non-ortho nitro benzene ring substituents is 1. The number of aromatic hydroxyl groups is 2. The quantitative estimate of drug-likeness (QED) is 0.222. The fourth-order valence-electron chi connectivity index (χ4n) is 4.13. The highest BCUT2D eigenvalue weighted by Crippen LogP contribution is 2.43. The number of thioether (sulfide) groups is 1. The number of carbonyl (C=O) groups is 1. The van der Waals surface area contributed by atoms with Crippen LogP contribution in [0.15, 0.2) is 59.4 Å². The highest BCUT2D eigenvalue weighted by atomic mass is 32.2. The Morgan fingerprint density at radius 1 is 1.18 bits per heavy atom. The van der Waals surface area contributed by atoms with Crippen molar-refractivity contribution in [2.24, 2.45) is 5.92 Å². The SMILES string of the molecule is O=C1CCC=C2Nc3nc(SCc4ccc([N+](=O)[O-])cc4)nn3[C@@H](c3ccc(O)c(O)c3)[C@H]12. The summed E-state index contributed by atoms with van der Waals surface area (Å²) in [5.41, 5.74) is 2.31. The van der Waals surface area contributed by atoms with E-state index in [0.29, 0.717) is 35.3 Å². The Morgan fingerprint density at radius 3 is 2.70 bits per heavy atom. The number of phenolic OH excluding ortho intramolecular Hbond substituents is 2. The van der Waals surface area contributed by atoms with E-state index in [0.717, 1.165) is 11.3 Å². The molecule has 33 heavy (non-hydrogen) atoms. The summed E-state index contributed by atoms with van der Waals surface area (Å²) in [4.78, 5) is 27.8. The monoisotopic (exact) mass is 465 g/mol. The van der Waals surface area contributed by atoms with Gasteiger partial charge >= 0.3 is 0 Å². The second-order valence-electron chi connectivity index (χ2n) is 7.83.